The second-order valence-corrected chi connectivity index (χ2v) is 6.51. The third kappa shape index (κ3) is 0.563. The van der Waals surface area contributed by atoms with Crippen molar-refractivity contribution in [2.75, 3.05) is 0 Å². The predicted octanol–water partition coefficient (Wildman–Crippen LogP) is 2.90. The van der Waals surface area contributed by atoms with Gasteiger partial charge in [-0.05, 0) is 24.7 Å². The molecule has 8 heavy (non-hydrogen) atoms. The zero-order valence-corrected chi connectivity index (χ0v) is 7.70. The lowest BCUT2D eigenvalue weighted by molar-refractivity contribution is 0.733. The number of rotatable bonds is 0. The van der Waals surface area contributed by atoms with E-state index < -0.39 is 0 Å². The van der Waals surface area contributed by atoms with Crippen LogP contribution in [0.4, 0.5) is 0 Å². The molecule has 2 saturated carbocycles. The van der Waals surface area contributed by atoms with Gasteiger partial charge in [-0.15, -0.1) is 0 Å². The quantitative estimate of drug-likeness (QED) is 0.571. The molecule has 0 aromatic heterocycles. The second-order valence-electron chi connectivity index (χ2n) is 2.82. The molecule has 2 atom stereocenters. The summed E-state index contributed by atoms with van der Waals surface area (Å²) in [5, 5.41) is 0. The van der Waals surface area contributed by atoms with E-state index >= 15 is 0 Å². The monoisotopic (exact) mass is 238 g/mol. The molecule has 46 valence electrons. The highest BCUT2D eigenvalue weighted by Gasteiger charge is 2.63. The van der Waals surface area contributed by atoms with Crippen LogP contribution < -0.4 is 0 Å². The molecule has 0 bridgehead atoms. The first kappa shape index (κ1) is 5.72. The van der Waals surface area contributed by atoms with Gasteiger partial charge in [0.1, 0.15) is 0 Å². The van der Waals surface area contributed by atoms with Crippen molar-refractivity contribution in [1.82, 2.24) is 0 Å². The molecule has 0 unspecified atom stereocenters. The van der Waals surface area contributed by atoms with Gasteiger partial charge < -0.3 is 0 Å². The van der Waals surface area contributed by atoms with E-state index in [-0.39, 0.29) is 0 Å². The fourth-order valence-electron chi connectivity index (χ4n) is 1.81. The number of hydrogen-bond donors (Lipinski definition) is 0. The van der Waals surface area contributed by atoms with Crippen molar-refractivity contribution in [3.63, 3.8) is 0 Å². The Morgan fingerprint density at radius 2 is 1.62 bits per heavy atom. The SMILES string of the molecule is BrC1(Br)[C@@H]2CCC[C@@H]21. The Bertz CT molecular complexity index is 108. The molecule has 0 heterocycles. The number of alkyl halides is 2. The van der Waals surface area contributed by atoms with Crippen molar-refractivity contribution in [3.8, 4) is 0 Å². The van der Waals surface area contributed by atoms with Crippen LogP contribution in [0.2, 0.25) is 0 Å². The maximum Gasteiger partial charge on any atom is 0.0868 e. The third-order valence-corrected chi connectivity index (χ3v) is 4.75. The van der Waals surface area contributed by atoms with E-state index in [4.69, 9.17) is 0 Å². The number of halogens is 2. The highest BCUT2D eigenvalue weighted by atomic mass is 79.9. The van der Waals surface area contributed by atoms with E-state index in [1.165, 1.54) is 19.3 Å². The smallest absolute Gasteiger partial charge is 0.0721 e. The van der Waals surface area contributed by atoms with Crippen molar-refractivity contribution < 1.29 is 0 Å². The van der Waals surface area contributed by atoms with Crippen molar-refractivity contribution >= 4 is 31.9 Å². The fourth-order valence-corrected chi connectivity index (χ4v) is 3.73. The van der Waals surface area contributed by atoms with Crippen molar-refractivity contribution in [1.29, 1.82) is 0 Å². The highest BCUT2D eigenvalue weighted by molar-refractivity contribution is 9.25. The predicted molar refractivity (Wildman–Crippen MR) is 41.4 cm³/mol. The zero-order valence-electron chi connectivity index (χ0n) is 4.53. The normalized spacial score (nSPS) is 48.8. The first-order valence-corrected chi connectivity index (χ1v) is 4.69. The van der Waals surface area contributed by atoms with Crippen LogP contribution in [0, 0.1) is 11.8 Å². The van der Waals surface area contributed by atoms with Crippen LogP contribution in [0.5, 0.6) is 0 Å². The Hall–Kier alpha value is 0.960. The summed E-state index contributed by atoms with van der Waals surface area (Å²) in [6.45, 7) is 0. The maximum absolute atomic E-state index is 3.65. The van der Waals surface area contributed by atoms with Gasteiger partial charge in [-0.1, -0.05) is 38.3 Å². The minimum Gasteiger partial charge on any atom is -0.0721 e. The summed E-state index contributed by atoms with van der Waals surface area (Å²) in [5.41, 5.74) is 0. The van der Waals surface area contributed by atoms with Gasteiger partial charge in [0.2, 0.25) is 0 Å². The van der Waals surface area contributed by atoms with Crippen molar-refractivity contribution in [2.24, 2.45) is 11.8 Å². The summed E-state index contributed by atoms with van der Waals surface area (Å²) < 4.78 is 0.387. The third-order valence-electron chi connectivity index (χ3n) is 2.40. The molecule has 0 aliphatic heterocycles. The fraction of sp³-hybridized carbons (Fsp3) is 1.00. The summed E-state index contributed by atoms with van der Waals surface area (Å²) in [6.07, 6.45) is 4.32. The molecule has 2 heteroatoms. The van der Waals surface area contributed by atoms with E-state index in [2.05, 4.69) is 31.9 Å². The topological polar surface area (TPSA) is 0 Å². The molecule has 0 spiro atoms. The lowest BCUT2D eigenvalue weighted by Crippen LogP contribution is -1.92. The van der Waals surface area contributed by atoms with Crippen LogP contribution in [-0.2, 0) is 0 Å². The molecule has 0 aromatic rings. The first-order chi connectivity index (χ1) is 3.73. The summed E-state index contributed by atoms with van der Waals surface area (Å²) >= 11 is 7.29. The average molecular weight is 240 g/mol. The largest absolute Gasteiger partial charge is 0.0868 e. The molecule has 0 nitrogen and oxygen atoms in total. The second kappa shape index (κ2) is 1.51. The van der Waals surface area contributed by atoms with E-state index in [1.807, 2.05) is 0 Å². The molecule has 2 fully saturated rings. The molecule has 0 radical (unpaired) electrons. The summed E-state index contributed by atoms with van der Waals surface area (Å²) in [5.74, 6) is 1.92. The van der Waals surface area contributed by atoms with Crippen molar-refractivity contribution in [2.45, 2.75) is 22.5 Å². The van der Waals surface area contributed by atoms with Gasteiger partial charge in [0.25, 0.3) is 0 Å². The van der Waals surface area contributed by atoms with Gasteiger partial charge in [0.15, 0.2) is 0 Å². The van der Waals surface area contributed by atoms with Gasteiger partial charge in [-0.3, -0.25) is 0 Å². The first-order valence-electron chi connectivity index (χ1n) is 3.11. The van der Waals surface area contributed by atoms with Crippen LogP contribution in [0.25, 0.3) is 0 Å². The summed E-state index contributed by atoms with van der Waals surface area (Å²) in [4.78, 5) is 0. The molecular formula is C6H8Br2. The molecular weight excluding hydrogens is 232 g/mol. The van der Waals surface area contributed by atoms with Gasteiger partial charge in [-0.25, -0.2) is 0 Å². The van der Waals surface area contributed by atoms with Gasteiger partial charge in [0, 0.05) is 0 Å². The average Bonchev–Trinajstić information content (AvgIpc) is 2.22. The zero-order chi connectivity index (χ0) is 5.78. The number of hydrogen-bond acceptors (Lipinski definition) is 0. The molecule has 0 amide bonds. The minimum absolute atomic E-state index is 0.387. The van der Waals surface area contributed by atoms with Crippen LogP contribution in [0.1, 0.15) is 19.3 Å². The van der Waals surface area contributed by atoms with E-state index in [9.17, 15) is 0 Å². The van der Waals surface area contributed by atoms with Crippen LogP contribution in [-0.4, -0.2) is 3.23 Å². The van der Waals surface area contributed by atoms with Gasteiger partial charge in [0.05, 0.1) is 3.23 Å². The summed E-state index contributed by atoms with van der Waals surface area (Å²) in [7, 11) is 0. The van der Waals surface area contributed by atoms with E-state index in [1.54, 1.807) is 0 Å². The Kier molecular flexibility index (Phi) is 1.08. The Labute approximate surface area is 66.3 Å². The maximum atomic E-state index is 3.65. The molecule has 0 aromatic carbocycles. The van der Waals surface area contributed by atoms with E-state index in [0.717, 1.165) is 11.8 Å². The summed E-state index contributed by atoms with van der Waals surface area (Å²) in [6, 6.07) is 0. The highest BCUT2D eigenvalue weighted by Crippen LogP contribution is 2.69. The van der Waals surface area contributed by atoms with Gasteiger partial charge in [-0.2, -0.15) is 0 Å². The standard InChI is InChI=1S/C6H8Br2/c7-6(8)4-2-1-3-5(4)6/h4-5H,1-3H2/t4-,5+. The van der Waals surface area contributed by atoms with Crippen LogP contribution >= 0.6 is 31.9 Å². The number of fused-ring (bicyclic) bond motifs is 1. The minimum atomic E-state index is 0.387. The van der Waals surface area contributed by atoms with Gasteiger partial charge >= 0.3 is 0 Å². The van der Waals surface area contributed by atoms with E-state index in [0.29, 0.717) is 3.23 Å². The Balaban J connectivity index is 2.13. The lowest BCUT2D eigenvalue weighted by atomic mass is 10.3. The molecule has 0 saturated heterocycles. The molecule has 0 N–H and O–H groups in total. The lowest BCUT2D eigenvalue weighted by Gasteiger charge is -2.00. The van der Waals surface area contributed by atoms with Crippen LogP contribution in [0.3, 0.4) is 0 Å². The molecule has 2 aliphatic rings. The Morgan fingerprint density at radius 1 is 1.12 bits per heavy atom. The molecule has 2 rings (SSSR count). The van der Waals surface area contributed by atoms with Crippen molar-refractivity contribution in [3.05, 3.63) is 0 Å². The van der Waals surface area contributed by atoms with Crippen LogP contribution in [0.15, 0.2) is 0 Å². The molecule has 2 aliphatic carbocycles. The Morgan fingerprint density at radius 3 is 1.88 bits per heavy atom.